The molecule has 0 unspecified atom stereocenters. The summed E-state index contributed by atoms with van der Waals surface area (Å²) in [4.78, 5) is 45.1. The van der Waals surface area contributed by atoms with E-state index in [9.17, 15) is 29.4 Å². The number of hydrogen-bond donors (Lipinski definition) is 4. The molecular formula is C16H10O8. The maximum absolute atomic E-state index is 11.5. The Kier molecular flexibility index (Phi) is 4.32. The highest BCUT2D eigenvalue weighted by atomic mass is 16.4. The molecule has 0 saturated carbocycles. The van der Waals surface area contributed by atoms with Crippen LogP contribution in [0.25, 0.3) is 11.1 Å². The fraction of sp³-hybridized carbons (Fsp3) is 0. The van der Waals surface area contributed by atoms with Crippen LogP contribution in [0.15, 0.2) is 36.4 Å². The van der Waals surface area contributed by atoms with E-state index in [2.05, 4.69) is 0 Å². The van der Waals surface area contributed by atoms with Gasteiger partial charge in [0.25, 0.3) is 0 Å². The molecule has 0 fully saturated rings. The Morgan fingerprint density at radius 1 is 0.625 bits per heavy atom. The summed E-state index contributed by atoms with van der Waals surface area (Å²) in [6, 6.07) is 6.73. The lowest BCUT2D eigenvalue weighted by molar-refractivity contribution is 0.0680. The maximum Gasteiger partial charge on any atom is 0.336 e. The van der Waals surface area contributed by atoms with Gasteiger partial charge in [0.2, 0.25) is 0 Å². The Bertz CT molecular complexity index is 846. The lowest BCUT2D eigenvalue weighted by atomic mass is 9.91. The molecule has 0 heterocycles. The van der Waals surface area contributed by atoms with Crippen LogP contribution in [0.1, 0.15) is 41.4 Å². The van der Waals surface area contributed by atoms with Crippen molar-refractivity contribution in [2.45, 2.75) is 0 Å². The van der Waals surface area contributed by atoms with Gasteiger partial charge in [0.15, 0.2) is 0 Å². The number of carboxylic acid groups (broad SMARTS) is 4. The number of benzene rings is 2. The van der Waals surface area contributed by atoms with Gasteiger partial charge in [-0.1, -0.05) is 12.1 Å². The maximum atomic E-state index is 11.5. The monoisotopic (exact) mass is 330 g/mol. The van der Waals surface area contributed by atoms with Gasteiger partial charge in [-0.15, -0.1) is 0 Å². The average molecular weight is 330 g/mol. The van der Waals surface area contributed by atoms with Gasteiger partial charge in [-0.25, -0.2) is 19.2 Å². The summed E-state index contributed by atoms with van der Waals surface area (Å²) in [6.07, 6.45) is 0. The third-order valence-electron chi connectivity index (χ3n) is 3.24. The molecule has 2 aromatic rings. The fourth-order valence-electron chi connectivity index (χ4n) is 2.22. The number of hydrogen-bond acceptors (Lipinski definition) is 4. The van der Waals surface area contributed by atoms with Crippen molar-refractivity contribution < 1.29 is 39.6 Å². The normalized spacial score (nSPS) is 10.2. The molecule has 0 atom stereocenters. The second-order valence-corrected chi connectivity index (χ2v) is 4.75. The predicted octanol–water partition coefficient (Wildman–Crippen LogP) is 2.15. The van der Waals surface area contributed by atoms with Crippen LogP contribution >= 0.6 is 0 Å². The smallest absolute Gasteiger partial charge is 0.336 e. The van der Waals surface area contributed by atoms with E-state index in [1.807, 2.05) is 0 Å². The number of rotatable bonds is 5. The highest BCUT2D eigenvalue weighted by Crippen LogP contribution is 2.30. The molecule has 4 N–H and O–H groups in total. The highest BCUT2D eigenvalue weighted by Gasteiger charge is 2.24. The van der Waals surface area contributed by atoms with Gasteiger partial charge < -0.3 is 20.4 Å². The van der Waals surface area contributed by atoms with E-state index in [0.29, 0.717) is 0 Å². The van der Waals surface area contributed by atoms with Crippen molar-refractivity contribution in [2.75, 3.05) is 0 Å². The van der Waals surface area contributed by atoms with E-state index in [1.54, 1.807) is 0 Å². The quantitative estimate of drug-likeness (QED) is 0.651. The van der Waals surface area contributed by atoms with Crippen LogP contribution in [0.4, 0.5) is 0 Å². The standard InChI is InChI=1S/C16H10O8/c17-13(18)8-3-1-2-7(4-8)12-10(15(21)22)5-9(14(19)20)6-11(12)16(23)24/h1-6H,(H,17,18)(H,19,20)(H,21,22)(H,23,24). The molecule has 122 valence electrons. The van der Waals surface area contributed by atoms with Gasteiger partial charge in [-0.3, -0.25) is 0 Å². The molecule has 8 heteroatoms. The first-order valence-corrected chi connectivity index (χ1v) is 6.44. The summed E-state index contributed by atoms with van der Waals surface area (Å²) >= 11 is 0. The molecule has 0 bridgehead atoms. The second-order valence-electron chi connectivity index (χ2n) is 4.75. The van der Waals surface area contributed by atoms with E-state index >= 15 is 0 Å². The van der Waals surface area contributed by atoms with Crippen molar-refractivity contribution in [2.24, 2.45) is 0 Å². The molecular weight excluding hydrogens is 320 g/mol. The fourth-order valence-corrected chi connectivity index (χ4v) is 2.22. The molecule has 2 aromatic carbocycles. The summed E-state index contributed by atoms with van der Waals surface area (Å²) in [6.45, 7) is 0. The third kappa shape index (κ3) is 3.07. The molecule has 0 spiro atoms. The van der Waals surface area contributed by atoms with Crippen LogP contribution in [-0.2, 0) is 0 Å². The molecule has 8 nitrogen and oxygen atoms in total. The molecule has 0 aliphatic heterocycles. The summed E-state index contributed by atoms with van der Waals surface area (Å²) in [5.74, 6) is -5.81. The van der Waals surface area contributed by atoms with Crippen molar-refractivity contribution in [3.63, 3.8) is 0 Å². The SMILES string of the molecule is O=C(O)c1cccc(-c2c(C(=O)O)cc(C(=O)O)cc2C(=O)O)c1. The zero-order valence-electron chi connectivity index (χ0n) is 11.9. The second kappa shape index (κ2) is 6.21. The minimum Gasteiger partial charge on any atom is -0.478 e. The predicted molar refractivity (Wildman–Crippen MR) is 79.7 cm³/mol. The van der Waals surface area contributed by atoms with Crippen LogP contribution in [0.5, 0.6) is 0 Å². The van der Waals surface area contributed by atoms with Crippen LogP contribution in [-0.4, -0.2) is 44.3 Å². The van der Waals surface area contributed by atoms with Gasteiger partial charge in [-0.2, -0.15) is 0 Å². The van der Waals surface area contributed by atoms with Crippen LogP contribution in [0, 0.1) is 0 Å². The zero-order valence-corrected chi connectivity index (χ0v) is 11.9. The van der Waals surface area contributed by atoms with Crippen molar-refractivity contribution in [1.29, 1.82) is 0 Å². The van der Waals surface area contributed by atoms with Crippen molar-refractivity contribution in [3.05, 3.63) is 58.7 Å². The summed E-state index contributed by atoms with van der Waals surface area (Å²) in [5.41, 5.74) is -1.97. The summed E-state index contributed by atoms with van der Waals surface area (Å²) < 4.78 is 0. The minimum atomic E-state index is -1.53. The zero-order chi connectivity index (χ0) is 18.0. The van der Waals surface area contributed by atoms with Gasteiger partial charge in [0, 0.05) is 5.56 Å². The van der Waals surface area contributed by atoms with E-state index in [4.69, 9.17) is 10.2 Å². The van der Waals surface area contributed by atoms with Gasteiger partial charge in [-0.05, 0) is 29.8 Å². The topological polar surface area (TPSA) is 149 Å². The Hall–Kier alpha value is -3.68. The van der Waals surface area contributed by atoms with Crippen LogP contribution in [0.2, 0.25) is 0 Å². The first-order chi connectivity index (χ1) is 11.2. The number of carbonyl (C=O) groups is 4. The molecule has 0 amide bonds. The van der Waals surface area contributed by atoms with E-state index in [0.717, 1.165) is 18.2 Å². The number of carboxylic acids is 4. The Morgan fingerprint density at radius 2 is 1.12 bits per heavy atom. The molecule has 0 aliphatic rings. The van der Waals surface area contributed by atoms with Crippen LogP contribution < -0.4 is 0 Å². The van der Waals surface area contributed by atoms with E-state index in [-0.39, 0.29) is 16.7 Å². The van der Waals surface area contributed by atoms with Crippen molar-refractivity contribution in [1.82, 2.24) is 0 Å². The van der Waals surface area contributed by atoms with Crippen LogP contribution in [0.3, 0.4) is 0 Å². The van der Waals surface area contributed by atoms with Gasteiger partial charge >= 0.3 is 23.9 Å². The molecule has 0 aliphatic carbocycles. The Labute approximate surface area is 134 Å². The van der Waals surface area contributed by atoms with E-state index < -0.39 is 40.6 Å². The van der Waals surface area contributed by atoms with E-state index in [1.165, 1.54) is 18.2 Å². The summed E-state index contributed by atoms with van der Waals surface area (Å²) in [5, 5.41) is 36.7. The van der Waals surface area contributed by atoms with Gasteiger partial charge in [0.05, 0.1) is 22.3 Å². The highest BCUT2D eigenvalue weighted by molar-refractivity contribution is 6.08. The van der Waals surface area contributed by atoms with Crippen molar-refractivity contribution in [3.8, 4) is 11.1 Å². The molecule has 24 heavy (non-hydrogen) atoms. The Balaban J connectivity index is 2.88. The lowest BCUT2D eigenvalue weighted by Gasteiger charge is -2.12. The minimum absolute atomic E-state index is 0.0432. The Morgan fingerprint density at radius 3 is 1.54 bits per heavy atom. The molecule has 0 aromatic heterocycles. The van der Waals surface area contributed by atoms with Gasteiger partial charge in [0.1, 0.15) is 0 Å². The molecule has 0 saturated heterocycles. The number of aromatic carboxylic acids is 4. The average Bonchev–Trinajstić information content (AvgIpc) is 2.53. The largest absolute Gasteiger partial charge is 0.478 e. The third-order valence-corrected chi connectivity index (χ3v) is 3.24. The van der Waals surface area contributed by atoms with Crippen molar-refractivity contribution >= 4 is 23.9 Å². The lowest BCUT2D eigenvalue weighted by Crippen LogP contribution is -2.11. The summed E-state index contributed by atoms with van der Waals surface area (Å²) in [7, 11) is 0. The first kappa shape index (κ1) is 16.7. The molecule has 2 rings (SSSR count). The first-order valence-electron chi connectivity index (χ1n) is 6.44. The molecule has 0 radical (unpaired) electrons.